The second-order valence-corrected chi connectivity index (χ2v) is 12.0. The Kier molecular flexibility index (Phi) is 6.91. The number of nitrogen functional groups attached to an aromatic ring is 1. The lowest BCUT2D eigenvalue weighted by molar-refractivity contribution is 0.367. The molecule has 1 aliphatic carbocycles. The number of aromatic nitrogens is 8. The summed E-state index contributed by atoms with van der Waals surface area (Å²) in [5.74, 6) is 2.76. The van der Waals surface area contributed by atoms with Gasteiger partial charge in [-0.05, 0) is 97.8 Å². The van der Waals surface area contributed by atoms with Crippen LogP contribution in [0.15, 0.2) is 73.2 Å². The number of nitrogens with one attached hydrogen (secondary N) is 1. The zero-order valence-corrected chi connectivity index (χ0v) is 25.6. The number of aryl methyl sites for hydroxylation is 2. The monoisotopic (exact) mass is 617 g/mol. The third kappa shape index (κ3) is 5.17. The first-order chi connectivity index (χ1) is 22.0. The number of hydrogen-bond donors (Lipinski definition) is 2. The smallest absolute Gasteiger partial charge is 0.224 e. The molecule has 12 heteroatoms. The minimum atomic E-state index is 0.307. The average molecular weight is 618 g/mol. The standard InChI is InChI=1S/C33H32ClN11/c1-20-18-29(42-33(34)38-20)43-16-11-22(12-17-43)39-26-8-5-21-19-23(6-7-24(21)26)45-31(25-4-2-13-36-30(25)35)40-27-9-10-28(41-32(27)45)44-15-3-14-37-44/h2-4,6-7,9-10,13-15,18-19,22,26,39H,5,8,11-12,16-17H2,1H3,(H2,35,36)/t26-/m0/s1. The van der Waals surface area contributed by atoms with Crippen molar-refractivity contribution in [2.75, 3.05) is 23.7 Å². The number of halogens is 1. The minimum absolute atomic E-state index is 0.307. The number of benzene rings is 1. The predicted octanol–water partition coefficient (Wildman–Crippen LogP) is 5.25. The Morgan fingerprint density at radius 3 is 2.60 bits per heavy atom. The zero-order valence-electron chi connectivity index (χ0n) is 24.8. The fourth-order valence-electron chi connectivity index (χ4n) is 6.67. The molecule has 0 spiro atoms. The highest BCUT2D eigenvalue weighted by Gasteiger charge is 2.29. The van der Waals surface area contributed by atoms with Crippen molar-refractivity contribution < 1.29 is 0 Å². The molecule has 1 aliphatic heterocycles. The van der Waals surface area contributed by atoms with Crippen LogP contribution in [0.4, 0.5) is 11.6 Å². The van der Waals surface area contributed by atoms with E-state index >= 15 is 0 Å². The van der Waals surface area contributed by atoms with Crippen LogP contribution < -0.4 is 16.0 Å². The Morgan fingerprint density at radius 1 is 0.911 bits per heavy atom. The maximum absolute atomic E-state index is 6.36. The van der Waals surface area contributed by atoms with Crippen molar-refractivity contribution in [2.24, 2.45) is 0 Å². The maximum atomic E-state index is 6.36. The lowest BCUT2D eigenvalue weighted by atomic mass is 10.0. The lowest BCUT2D eigenvalue weighted by Gasteiger charge is -2.34. The average Bonchev–Trinajstić information content (AvgIpc) is 3.80. The predicted molar refractivity (Wildman–Crippen MR) is 175 cm³/mol. The Hall–Kier alpha value is -4.87. The first kappa shape index (κ1) is 27.7. The molecule has 1 aromatic carbocycles. The van der Waals surface area contributed by atoms with E-state index < -0.39 is 0 Å². The van der Waals surface area contributed by atoms with Gasteiger partial charge in [0.15, 0.2) is 17.3 Å². The normalized spacial score (nSPS) is 16.8. The van der Waals surface area contributed by atoms with Gasteiger partial charge >= 0.3 is 0 Å². The molecule has 6 aromatic rings. The van der Waals surface area contributed by atoms with Gasteiger partial charge in [0, 0.05) is 61.2 Å². The van der Waals surface area contributed by atoms with Crippen LogP contribution in [0.5, 0.6) is 0 Å². The van der Waals surface area contributed by atoms with E-state index in [0.717, 1.165) is 72.7 Å². The molecule has 0 amide bonds. The van der Waals surface area contributed by atoms with Crippen LogP contribution in [-0.2, 0) is 6.42 Å². The number of fused-ring (bicyclic) bond motifs is 2. The first-order valence-electron chi connectivity index (χ1n) is 15.3. The lowest BCUT2D eigenvalue weighted by Crippen LogP contribution is -2.43. The summed E-state index contributed by atoms with van der Waals surface area (Å²) >= 11 is 6.12. The Labute approximate surface area is 265 Å². The molecule has 0 radical (unpaired) electrons. The molecule has 1 atom stereocenters. The second-order valence-electron chi connectivity index (χ2n) is 11.7. The number of pyridine rings is 2. The van der Waals surface area contributed by atoms with E-state index in [1.54, 1.807) is 17.1 Å². The summed E-state index contributed by atoms with van der Waals surface area (Å²) in [7, 11) is 0. The van der Waals surface area contributed by atoms with Gasteiger partial charge in [0.25, 0.3) is 0 Å². The van der Waals surface area contributed by atoms with Gasteiger partial charge in [-0.25, -0.2) is 29.6 Å². The number of hydrogen-bond acceptors (Lipinski definition) is 9. The molecule has 3 N–H and O–H groups in total. The molecule has 11 nitrogen and oxygen atoms in total. The molecular weight excluding hydrogens is 586 g/mol. The van der Waals surface area contributed by atoms with Gasteiger partial charge in [-0.15, -0.1) is 0 Å². The van der Waals surface area contributed by atoms with Gasteiger partial charge in [-0.3, -0.25) is 4.57 Å². The molecular formula is C33H32ClN11. The van der Waals surface area contributed by atoms with Gasteiger partial charge in [-0.1, -0.05) is 6.07 Å². The van der Waals surface area contributed by atoms with Crippen molar-refractivity contribution in [1.82, 2.24) is 44.6 Å². The number of nitrogens with zero attached hydrogens (tertiary/aromatic N) is 9. The van der Waals surface area contributed by atoms with E-state index in [0.29, 0.717) is 34.8 Å². The van der Waals surface area contributed by atoms with E-state index in [2.05, 4.69) is 53.0 Å². The topological polar surface area (TPSA) is 128 Å². The summed E-state index contributed by atoms with van der Waals surface area (Å²) in [6, 6.07) is 19.1. The highest BCUT2D eigenvalue weighted by atomic mass is 35.5. The number of piperidine rings is 1. The van der Waals surface area contributed by atoms with Gasteiger partial charge in [-0.2, -0.15) is 5.10 Å². The third-order valence-electron chi connectivity index (χ3n) is 8.84. The van der Waals surface area contributed by atoms with Crippen molar-refractivity contribution in [3.63, 3.8) is 0 Å². The molecule has 0 saturated carbocycles. The van der Waals surface area contributed by atoms with Crippen LogP contribution in [0.2, 0.25) is 5.28 Å². The van der Waals surface area contributed by atoms with Crippen molar-refractivity contribution in [1.29, 1.82) is 0 Å². The molecule has 2 aliphatic rings. The van der Waals surface area contributed by atoms with Crippen molar-refractivity contribution in [3.8, 4) is 22.9 Å². The molecule has 0 bridgehead atoms. The first-order valence-corrected chi connectivity index (χ1v) is 15.6. The number of imidazole rings is 1. The number of rotatable bonds is 6. The number of nitrogens with two attached hydrogens (primary N) is 1. The van der Waals surface area contributed by atoms with E-state index in [4.69, 9.17) is 27.3 Å². The molecule has 1 fully saturated rings. The maximum Gasteiger partial charge on any atom is 0.224 e. The summed E-state index contributed by atoms with van der Waals surface area (Å²) in [6.45, 7) is 3.82. The summed E-state index contributed by atoms with van der Waals surface area (Å²) in [4.78, 5) is 25.3. The van der Waals surface area contributed by atoms with Crippen LogP contribution in [0.1, 0.15) is 42.1 Å². The highest BCUT2D eigenvalue weighted by Crippen LogP contribution is 2.36. The SMILES string of the molecule is Cc1cc(N2CCC(N[C@H]3CCc4cc(-n5c(-c6cccnc6N)nc6ccc(-n7cccn7)nc65)ccc43)CC2)nc(Cl)n1. The summed E-state index contributed by atoms with van der Waals surface area (Å²) in [5.41, 5.74) is 13.2. The summed E-state index contributed by atoms with van der Waals surface area (Å²) < 4.78 is 3.84. The summed E-state index contributed by atoms with van der Waals surface area (Å²) in [5, 5.41) is 8.65. The van der Waals surface area contributed by atoms with Gasteiger partial charge < -0.3 is 16.0 Å². The summed E-state index contributed by atoms with van der Waals surface area (Å²) in [6.07, 6.45) is 9.48. The fraction of sp³-hybridized carbons (Fsp3) is 0.273. The van der Waals surface area contributed by atoms with E-state index in [9.17, 15) is 0 Å². The fourth-order valence-corrected chi connectivity index (χ4v) is 6.89. The molecule has 45 heavy (non-hydrogen) atoms. The second kappa shape index (κ2) is 11.2. The molecule has 226 valence electrons. The van der Waals surface area contributed by atoms with Crippen LogP contribution in [0, 0.1) is 6.92 Å². The van der Waals surface area contributed by atoms with E-state index in [1.165, 1.54) is 11.1 Å². The molecule has 6 heterocycles. The van der Waals surface area contributed by atoms with Crippen molar-refractivity contribution >= 4 is 34.4 Å². The quantitative estimate of drug-likeness (QED) is 0.241. The van der Waals surface area contributed by atoms with Crippen LogP contribution in [0.25, 0.3) is 34.1 Å². The van der Waals surface area contributed by atoms with Gasteiger partial charge in [0.1, 0.15) is 17.2 Å². The van der Waals surface area contributed by atoms with Gasteiger partial charge in [0.2, 0.25) is 5.28 Å². The Morgan fingerprint density at radius 2 is 1.80 bits per heavy atom. The third-order valence-corrected chi connectivity index (χ3v) is 9.01. The highest BCUT2D eigenvalue weighted by molar-refractivity contribution is 6.28. The van der Waals surface area contributed by atoms with Crippen molar-refractivity contribution in [3.05, 3.63) is 95.3 Å². The minimum Gasteiger partial charge on any atom is -0.383 e. The molecule has 5 aromatic heterocycles. The molecule has 1 saturated heterocycles. The number of anilines is 2. The largest absolute Gasteiger partial charge is 0.383 e. The zero-order chi connectivity index (χ0) is 30.5. The van der Waals surface area contributed by atoms with Gasteiger partial charge in [0.05, 0.1) is 5.56 Å². The van der Waals surface area contributed by atoms with E-state index in [-0.39, 0.29) is 0 Å². The van der Waals surface area contributed by atoms with Crippen LogP contribution >= 0.6 is 11.6 Å². The van der Waals surface area contributed by atoms with Crippen LogP contribution in [-0.4, -0.2) is 58.4 Å². The van der Waals surface area contributed by atoms with Crippen LogP contribution in [0.3, 0.4) is 0 Å². The van der Waals surface area contributed by atoms with Crippen molar-refractivity contribution in [2.45, 2.75) is 44.7 Å². The van der Waals surface area contributed by atoms with E-state index in [1.807, 2.05) is 49.5 Å². The molecule has 0 unspecified atom stereocenters. The Bertz CT molecular complexity index is 1990. The molecule has 8 rings (SSSR count). The Balaban J connectivity index is 1.08.